The molecule has 49 heavy (non-hydrogen) atoms. The summed E-state index contributed by atoms with van der Waals surface area (Å²) in [6.07, 6.45) is 0. The van der Waals surface area contributed by atoms with Crippen molar-refractivity contribution < 1.29 is 4.42 Å². The smallest absolute Gasteiger partial charge is 0.238 e. The molecule has 4 nitrogen and oxygen atoms in total. The average molecular weight is 628 g/mol. The first-order valence-electron chi connectivity index (χ1n) is 16.8. The quantitative estimate of drug-likeness (QED) is 0.192. The van der Waals surface area contributed by atoms with Crippen LogP contribution in [-0.4, -0.2) is 14.5 Å². The van der Waals surface area contributed by atoms with Crippen LogP contribution >= 0.6 is 0 Å². The summed E-state index contributed by atoms with van der Waals surface area (Å²) in [5, 5.41) is 9.20. The summed E-state index contributed by atoms with van der Waals surface area (Å²) in [7, 11) is 0. The molecule has 1 aliphatic carbocycles. The SMILES string of the molecule is CC1(C)c2ccccc2-c2c(-c3nc(-n4c5ccc6ccccc6c5c5c6ccccc6ccc54)nc4oc5ccccc5c34)cccc21. The topological polar surface area (TPSA) is 43.9 Å². The Balaban J connectivity index is 1.32. The summed E-state index contributed by atoms with van der Waals surface area (Å²) >= 11 is 0. The molecule has 3 aromatic heterocycles. The van der Waals surface area contributed by atoms with Crippen LogP contribution in [0.5, 0.6) is 0 Å². The van der Waals surface area contributed by atoms with Crippen LogP contribution in [0.15, 0.2) is 144 Å². The second-order valence-corrected chi connectivity index (χ2v) is 13.7. The number of rotatable bonds is 2. The number of para-hydroxylation sites is 1. The minimum absolute atomic E-state index is 0.135. The summed E-state index contributed by atoms with van der Waals surface area (Å²) in [6.45, 7) is 4.64. The number of aromatic nitrogens is 3. The third-order valence-electron chi connectivity index (χ3n) is 10.8. The van der Waals surface area contributed by atoms with Crippen molar-refractivity contribution in [2.45, 2.75) is 19.3 Å². The molecule has 0 saturated carbocycles. The molecule has 0 unspecified atom stereocenters. The zero-order chi connectivity index (χ0) is 32.4. The van der Waals surface area contributed by atoms with Crippen molar-refractivity contribution in [2.24, 2.45) is 0 Å². The number of benzene rings is 7. The van der Waals surface area contributed by atoms with Gasteiger partial charge >= 0.3 is 0 Å². The summed E-state index contributed by atoms with van der Waals surface area (Å²) in [4.78, 5) is 10.8. The molecule has 0 fully saturated rings. The van der Waals surface area contributed by atoms with Crippen molar-refractivity contribution in [3.05, 3.63) is 151 Å². The molecule has 4 heteroatoms. The Hall–Kier alpha value is -6.26. The zero-order valence-electron chi connectivity index (χ0n) is 27.0. The summed E-state index contributed by atoms with van der Waals surface area (Å²) in [5.41, 5.74) is 10.5. The Bertz CT molecular complexity index is 2940. The summed E-state index contributed by atoms with van der Waals surface area (Å²) in [5.74, 6) is 0.593. The first-order valence-corrected chi connectivity index (χ1v) is 16.8. The fraction of sp³-hybridized carbons (Fsp3) is 0.0667. The maximum absolute atomic E-state index is 6.58. The molecule has 7 aromatic carbocycles. The molecule has 0 aliphatic heterocycles. The summed E-state index contributed by atoms with van der Waals surface area (Å²) < 4.78 is 8.82. The molecule has 0 bridgehead atoms. The Kier molecular flexibility index (Phi) is 5.15. The highest BCUT2D eigenvalue weighted by Gasteiger charge is 2.37. The third-order valence-corrected chi connectivity index (χ3v) is 10.8. The third kappa shape index (κ3) is 3.47. The first-order chi connectivity index (χ1) is 24.1. The van der Waals surface area contributed by atoms with Crippen molar-refractivity contribution in [2.75, 3.05) is 0 Å². The van der Waals surface area contributed by atoms with Crippen LogP contribution in [0.4, 0.5) is 0 Å². The number of fused-ring (bicyclic) bond motifs is 13. The molecular weight excluding hydrogens is 599 g/mol. The van der Waals surface area contributed by atoms with E-state index in [1.807, 2.05) is 12.1 Å². The van der Waals surface area contributed by atoms with E-state index >= 15 is 0 Å². The normalized spacial score (nSPS) is 13.7. The van der Waals surface area contributed by atoms with Gasteiger partial charge in [0, 0.05) is 27.1 Å². The van der Waals surface area contributed by atoms with Gasteiger partial charge in [-0.15, -0.1) is 0 Å². The van der Waals surface area contributed by atoms with Gasteiger partial charge in [0.05, 0.1) is 22.1 Å². The molecular formula is C45H29N3O. The lowest BCUT2D eigenvalue weighted by Gasteiger charge is -2.21. The standard InChI is InChI=1S/C45H29N3O/c1-45(2)33-19-9-7-16-30(33)38-32(18-11-20-34(38)45)42-41-31-17-8-10-21-37(31)49-43(41)47-44(46-42)48-35-24-22-26-12-3-5-14-28(26)39(35)40-29-15-6-4-13-27(29)23-25-36(40)48/h3-25H,1-2H3. The van der Waals surface area contributed by atoms with Gasteiger partial charge in [-0.2, -0.15) is 4.98 Å². The van der Waals surface area contributed by atoms with Crippen molar-refractivity contribution in [3.63, 3.8) is 0 Å². The van der Waals surface area contributed by atoms with Gasteiger partial charge in [-0.25, -0.2) is 4.98 Å². The monoisotopic (exact) mass is 627 g/mol. The van der Waals surface area contributed by atoms with Crippen LogP contribution in [0.2, 0.25) is 0 Å². The predicted octanol–water partition coefficient (Wildman–Crippen LogP) is 11.8. The van der Waals surface area contributed by atoms with Crippen molar-refractivity contribution in [1.29, 1.82) is 0 Å². The molecule has 1 aliphatic rings. The highest BCUT2D eigenvalue weighted by molar-refractivity contribution is 6.28. The van der Waals surface area contributed by atoms with Gasteiger partial charge in [0.2, 0.25) is 11.7 Å². The van der Waals surface area contributed by atoms with E-state index in [-0.39, 0.29) is 5.41 Å². The Morgan fingerprint density at radius 2 is 1.10 bits per heavy atom. The highest BCUT2D eigenvalue weighted by Crippen LogP contribution is 2.53. The van der Waals surface area contributed by atoms with Gasteiger partial charge in [-0.1, -0.05) is 135 Å². The van der Waals surface area contributed by atoms with Crippen LogP contribution in [0.3, 0.4) is 0 Å². The van der Waals surface area contributed by atoms with Crippen LogP contribution in [0.1, 0.15) is 25.0 Å². The van der Waals surface area contributed by atoms with E-state index in [9.17, 15) is 0 Å². The number of hydrogen-bond donors (Lipinski definition) is 0. The number of nitrogens with zero attached hydrogens (tertiary/aromatic N) is 3. The Morgan fingerprint density at radius 1 is 0.510 bits per heavy atom. The van der Waals surface area contributed by atoms with E-state index in [1.165, 1.54) is 54.6 Å². The van der Waals surface area contributed by atoms with Gasteiger partial charge in [0.15, 0.2) is 0 Å². The van der Waals surface area contributed by atoms with E-state index in [0.29, 0.717) is 11.7 Å². The Morgan fingerprint density at radius 3 is 1.84 bits per heavy atom. The fourth-order valence-corrected chi connectivity index (χ4v) is 8.62. The van der Waals surface area contributed by atoms with Gasteiger partial charge in [0.25, 0.3) is 0 Å². The zero-order valence-corrected chi connectivity index (χ0v) is 27.0. The van der Waals surface area contributed by atoms with E-state index in [0.717, 1.165) is 38.6 Å². The van der Waals surface area contributed by atoms with Gasteiger partial charge < -0.3 is 4.42 Å². The van der Waals surface area contributed by atoms with Crippen LogP contribution < -0.4 is 0 Å². The Labute approximate surface area is 281 Å². The van der Waals surface area contributed by atoms with E-state index in [4.69, 9.17) is 14.4 Å². The average Bonchev–Trinajstić information content (AvgIpc) is 3.77. The second-order valence-electron chi connectivity index (χ2n) is 13.7. The van der Waals surface area contributed by atoms with E-state index in [1.54, 1.807) is 0 Å². The number of hydrogen-bond acceptors (Lipinski definition) is 3. The van der Waals surface area contributed by atoms with Crippen molar-refractivity contribution >= 4 is 65.4 Å². The van der Waals surface area contributed by atoms with Crippen LogP contribution in [-0.2, 0) is 5.41 Å². The van der Waals surface area contributed by atoms with Crippen LogP contribution in [0, 0.1) is 0 Å². The van der Waals surface area contributed by atoms with Crippen molar-refractivity contribution in [3.8, 4) is 28.3 Å². The minimum atomic E-state index is -0.135. The second kappa shape index (κ2) is 9.42. The molecule has 11 rings (SSSR count). The minimum Gasteiger partial charge on any atom is -0.437 e. The van der Waals surface area contributed by atoms with Gasteiger partial charge in [-0.05, 0) is 62.0 Å². The van der Waals surface area contributed by atoms with Gasteiger partial charge in [-0.3, -0.25) is 4.57 Å². The molecule has 3 heterocycles. The molecule has 0 spiro atoms. The molecule has 0 atom stereocenters. The molecule has 0 N–H and O–H groups in total. The van der Waals surface area contributed by atoms with E-state index in [2.05, 4.69) is 146 Å². The van der Waals surface area contributed by atoms with E-state index < -0.39 is 0 Å². The molecule has 10 aromatic rings. The maximum atomic E-state index is 6.58. The summed E-state index contributed by atoms with van der Waals surface area (Å²) in [6, 6.07) is 49.8. The predicted molar refractivity (Wildman–Crippen MR) is 202 cm³/mol. The van der Waals surface area contributed by atoms with Gasteiger partial charge in [0.1, 0.15) is 5.58 Å². The largest absolute Gasteiger partial charge is 0.437 e. The fourth-order valence-electron chi connectivity index (χ4n) is 8.62. The van der Waals surface area contributed by atoms with Crippen LogP contribution in [0.25, 0.3) is 93.8 Å². The lowest BCUT2D eigenvalue weighted by atomic mass is 9.82. The highest BCUT2D eigenvalue weighted by atomic mass is 16.3. The molecule has 0 amide bonds. The number of furan rings is 1. The first kappa shape index (κ1) is 26.8. The maximum Gasteiger partial charge on any atom is 0.238 e. The lowest BCUT2D eigenvalue weighted by Crippen LogP contribution is -2.14. The lowest BCUT2D eigenvalue weighted by molar-refractivity contribution is 0.651. The van der Waals surface area contributed by atoms with Crippen molar-refractivity contribution in [1.82, 2.24) is 14.5 Å². The molecule has 0 saturated heterocycles. The molecule has 0 radical (unpaired) electrons. The molecule has 230 valence electrons.